The molecule has 1 rings (SSSR count). The van der Waals surface area contributed by atoms with Gasteiger partial charge in [0.15, 0.2) is 0 Å². The van der Waals surface area contributed by atoms with Crippen LogP contribution in [0.1, 0.15) is 19.7 Å². The number of amides is 1. The molecule has 88 valence electrons. The van der Waals surface area contributed by atoms with Crippen molar-refractivity contribution in [2.24, 2.45) is 5.73 Å². The van der Waals surface area contributed by atoms with Crippen molar-refractivity contribution in [2.75, 3.05) is 18.0 Å². The summed E-state index contributed by atoms with van der Waals surface area (Å²) in [7, 11) is 0. The van der Waals surface area contributed by atoms with Crippen LogP contribution in [-0.2, 0) is 11.2 Å². The highest BCUT2D eigenvalue weighted by atomic mass is 16.1. The van der Waals surface area contributed by atoms with Crippen molar-refractivity contribution in [1.82, 2.24) is 9.97 Å². The molecule has 0 spiro atoms. The molecule has 0 bridgehead atoms. The van der Waals surface area contributed by atoms with Gasteiger partial charge >= 0.3 is 0 Å². The average Bonchev–Trinajstić information content (AvgIpc) is 2.24. The molecule has 3 N–H and O–H groups in total. The molecule has 1 aromatic rings. The number of hydrogen-bond donors (Lipinski definition) is 2. The Morgan fingerprint density at radius 3 is 2.75 bits per heavy atom. The minimum absolute atomic E-state index is 0.0656. The number of rotatable bonds is 5. The van der Waals surface area contributed by atoms with Crippen LogP contribution in [0.25, 0.3) is 0 Å². The smallest absolute Gasteiger partial charge is 0.252 e. The van der Waals surface area contributed by atoms with Gasteiger partial charge in [0.05, 0.1) is 6.54 Å². The quantitative estimate of drug-likeness (QED) is 0.714. The van der Waals surface area contributed by atoms with Gasteiger partial charge in [-0.05, 0) is 6.92 Å². The molecular weight excluding hydrogens is 208 g/mol. The largest absolute Gasteiger partial charge is 0.368 e. The summed E-state index contributed by atoms with van der Waals surface area (Å²) in [4.78, 5) is 30.7. The molecule has 1 heterocycles. The normalized spacial score (nSPS) is 10.1. The summed E-state index contributed by atoms with van der Waals surface area (Å²) < 4.78 is 0. The Morgan fingerprint density at radius 1 is 1.56 bits per heavy atom. The second-order valence-electron chi connectivity index (χ2n) is 3.38. The zero-order valence-corrected chi connectivity index (χ0v) is 9.49. The van der Waals surface area contributed by atoms with E-state index < -0.39 is 5.91 Å². The van der Waals surface area contributed by atoms with E-state index in [9.17, 15) is 9.59 Å². The number of aromatic nitrogens is 2. The van der Waals surface area contributed by atoms with Crippen LogP contribution in [0.2, 0.25) is 0 Å². The maximum absolute atomic E-state index is 11.3. The third-order valence-electron chi connectivity index (χ3n) is 2.16. The predicted molar refractivity (Wildman–Crippen MR) is 61.3 cm³/mol. The molecule has 0 saturated heterocycles. The number of nitrogens with one attached hydrogen (secondary N) is 1. The van der Waals surface area contributed by atoms with Gasteiger partial charge in [-0.3, -0.25) is 9.59 Å². The van der Waals surface area contributed by atoms with E-state index >= 15 is 0 Å². The number of aryl methyl sites for hydroxylation is 1. The summed E-state index contributed by atoms with van der Waals surface area (Å²) in [6.45, 7) is 4.41. The van der Waals surface area contributed by atoms with Gasteiger partial charge in [0, 0.05) is 19.0 Å². The SMILES string of the molecule is CCc1nc(N(CC)CC(N)=O)cc(=O)[nH]1. The third kappa shape index (κ3) is 3.08. The van der Waals surface area contributed by atoms with Crippen LogP contribution in [-0.4, -0.2) is 29.0 Å². The number of primary amides is 1. The van der Waals surface area contributed by atoms with Gasteiger partial charge in [-0.25, -0.2) is 4.98 Å². The molecule has 0 aliphatic rings. The van der Waals surface area contributed by atoms with Gasteiger partial charge in [0.2, 0.25) is 5.91 Å². The lowest BCUT2D eigenvalue weighted by Gasteiger charge is -2.19. The van der Waals surface area contributed by atoms with Crippen molar-refractivity contribution in [3.63, 3.8) is 0 Å². The predicted octanol–water partition coefficient (Wildman–Crippen LogP) is -0.356. The lowest BCUT2D eigenvalue weighted by Crippen LogP contribution is -2.35. The Balaban J connectivity index is 3.04. The van der Waals surface area contributed by atoms with Gasteiger partial charge in [0.1, 0.15) is 11.6 Å². The fourth-order valence-corrected chi connectivity index (χ4v) is 1.37. The number of hydrogen-bond acceptors (Lipinski definition) is 4. The molecule has 16 heavy (non-hydrogen) atoms. The van der Waals surface area contributed by atoms with E-state index in [2.05, 4.69) is 9.97 Å². The van der Waals surface area contributed by atoms with Crippen LogP contribution in [0.5, 0.6) is 0 Å². The van der Waals surface area contributed by atoms with Crippen LogP contribution in [0.3, 0.4) is 0 Å². The standard InChI is InChI=1S/C10H16N4O2/c1-3-8-12-9(5-10(16)13-8)14(4-2)6-7(11)15/h5H,3-4,6H2,1-2H3,(H2,11,15)(H,12,13,16). The molecule has 0 aliphatic carbocycles. The molecule has 0 unspecified atom stereocenters. The summed E-state index contributed by atoms with van der Waals surface area (Å²) in [5, 5.41) is 0. The summed E-state index contributed by atoms with van der Waals surface area (Å²) in [6, 6.07) is 1.37. The van der Waals surface area contributed by atoms with E-state index in [1.54, 1.807) is 4.90 Å². The molecule has 6 nitrogen and oxygen atoms in total. The van der Waals surface area contributed by atoms with Crippen molar-refractivity contribution in [3.8, 4) is 0 Å². The van der Waals surface area contributed by atoms with E-state index in [4.69, 9.17) is 5.73 Å². The number of carbonyl (C=O) groups is 1. The first kappa shape index (κ1) is 12.2. The van der Waals surface area contributed by atoms with Crippen molar-refractivity contribution < 1.29 is 4.79 Å². The lowest BCUT2D eigenvalue weighted by atomic mass is 10.4. The lowest BCUT2D eigenvalue weighted by molar-refractivity contribution is -0.116. The van der Waals surface area contributed by atoms with Gasteiger partial charge in [-0.2, -0.15) is 0 Å². The summed E-state index contributed by atoms with van der Waals surface area (Å²) in [5.74, 6) is 0.648. The van der Waals surface area contributed by atoms with E-state index in [1.165, 1.54) is 6.07 Å². The molecule has 0 aromatic carbocycles. The summed E-state index contributed by atoms with van der Waals surface area (Å²) in [6.07, 6.45) is 0.636. The highest BCUT2D eigenvalue weighted by molar-refractivity contribution is 5.79. The fourth-order valence-electron chi connectivity index (χ4n) is 1.37. The van der Waals surface area contributed by atoms with Crippen molar-refractivity contribution in [1.29, 1.82) is 0 Å². The highest BCUT2D eigenvalue weighted by Gasteiger charge is 2.10. The zero-order chi connectivity index (χ0) is 12.1. The minimum Gasteiger partial charge on any atom is -0.368 e. The van der Waals surface area contributed by atoms with Crippen molar-refractivity contribution in [2.45, 2.75) is 20.3 Å². The molecule has 0 atom stereocenters. The van der Waals surface area contributed by atoms with E-state index in [-0.39, 0.29) is 12.1 Å². The summed E-state index contributed by atoms with van der Waals surface area (Å²) in [5.41, 5.74) is 4.90. The van der Waals surface area contributed by atoms with Crippen molar-refractivity contribution >= 4 is 11.7 Å². The van der Waals surface area contributed by atoms with Gasteiger partial charge in [-0.1, -0.05) is 6.92 Å². The Morgan fingerprint density at radius 2 is 2.25 bits per heavy atom. The molecular formula is C10H16N4O2. The van der Waals surface area contributed by atoms with Gasteiger partial charge < -0.3 is 15.6 Å². The number of H-pyrrole nitrogens is 1. The van der Waals surface area contributed by atoms with Crippen LogP contribution in [0.15, 0.2) is 10.9 Å². The minimum atomic E-state index is -0.443. The molecule has 0 saturated carbocycles. The maximum atomic E-state index is 11.3. The second-order valence-corrected chi connectivity index (χ2v) is 3.38. The Kier molecular flexibility index (Phi) is 4.04. The molecule has 0 radical (unpaired) electrons. The topological polar surface area (TPSA) is 92.1 Å². The molecule has 0 fully saturated rings. The summed E-state index contributed by atoms with van der Waals surface area (Å²) >= 11 is 0. The first-order valence-electron chi connectivity index (χ1n) is 5.20. The molecule has 1 amide bonds. The highest BCUT2D eigenvalue weighted by Crippen LogP contribution is 2.07. The zero-order valence-electron chi connectivity index (χ0n) is 9.49. The van der Waals surface area contributed by atoms with Crippen LogP contribution < -0.4 is 16.2 Å². The van der Waals surface area contributed by atoms with E-state index in [0.717, 1.165) is 0 Å². The third-order valence-corrected chi connectivity index (χ3v) is 2.16. The van der Waals surface area contributed by atoms with Gasteiger partial charge in [-0.15, -0.1) is 0 Å². The van der Waals surface area contributed by atoms with Gasteiger partial charge in [0.25, 0.3) is 5.56 Å². The first-order chi connectivity index (χ1) is 7.56. The average molecular weight is 224 g/mol. The van der Waals surface area contributed by atoms with Crippen LogP contribution in [0.4, 0.5) is 5.82 Å². The second kappa shape index (κ2) is 5.29. The Hall–Kier alpha value is -1.85. The maximum Gasteiger partial charge on any atom is 0.252 e. The number of anilines is 1. The fraction of sp³-hybridized carbons (Fsp3) is 0.500. The van der Waals surface area contributed by atoms with Crippen LogP contribution in [0, 0.1) is 0 Å². The number of aromatic amines is 1. The van der Waals surface area contributed by atoms with Crippen LogP contribution >= 0.6 is 0 Å². The number of nitrogens with zero attached hydrogens (tertiary/aromatic N) is 2. The van der Waals surface area contributed by atoms with Crippen molar-refractivity contribution in [3.05, 3.63) is 22.2 Å². The monoisotopic (exact) mass is 224 g/mol. The number of carbonyl (C=O) groups excluding carboxylic acids is 1. The Bertz CT molecular complexity index is 427. The molecule has 6 heteroatoms. The van der Waals surface area contributed by atoms with E-state index in [1.807, 2.05) is 13.8 Å². The first-order valence-corrected chi connectivity index (χ1v) is 5.20. The number of likely N-dealkylation sites (N-methyl/N-ethyl adjacent to an activating group) is 1. The molecule has 0 aliphatic heterocycles. The number of nitrogens with two attached hydrogens (primary N) is 1. The van der Waals surface area contributed by atoms with E-state index in [0.29, 0.717) is 24.6 Å². The Labute approximate surface area is 93.5 Å². The molecule has 1 aromatic heterocycles.